The summed E-state index contributed by atoms with van der Waals surface area (Å²) in [4.78, 5) is 4.52. The summed E-state index contributed by atoms with van der Waals surface area (Å²) in [5.41, 5.74) is 4.09. The van der Waals surface area contributed by atoms with Crippen molar-refractivity contribution in [3.05, 3.63) is 47.3 Å². The molecule has 1 N–H and O–H groups in total. The number of imidazole rings is 1. The van der Waals surface area contributed by atoms with Gasteiger partial charge in [-0.25, -0.2) is 4.98 Å². The van der Waals surface area contributed by atoms with Crippen LogP contribution in [-0.4, -0.2) is 16.1 Å². The molecule has 18 heavy (non-hydrogen) atoms. The maximum Gasteiger partial charge on any atom is 0.203 e. The van der Waals surface area contributed by atoms with Gasteiger partial charge in [0.15, 0.2) is 0 Å². The van der Waals surface area contributed by atoms with E-state index in [9.17, 15) is 0 Å². The van der Waals surface area contributed by atoms with Crippen molar-refractivity contribution in [2.45, 2.75) is 32.7 Å². The number of hydrogen-bond donors (Lipinski definition) is 1. The Balaban J connectivity index is 1.78. The number of aryl methyl sites for hydroxylation is 1. The zero-order valence-corrected chi connectivity index (χ0v) is 11.0. The van der Waals surface area contributed by atoms with Crippen LogP contribution >= 0.6 is 0 Å². The Morgan fingerprint density at radius 3 is 3.00 bits per heavy atom. The lowest BCUT2D eigenvalue weighted by atomic mass is 9.77. The lowest BCUT2D eigenvalue weighted by molar-refractivity contribution is 0.511. The van der Waals surface area contributed by atoms with Gasteiger partial charge in [0, 0.05) is 25.2 Å². The number of nitrogens with one attached hydrogen (secondary N) is 1. The van der Waals surface area contributed by atoms with E-state index in [1.54, 1.807) is 0 Å². The van der Waals surface area contributed by atoms with Crippen molar-refractivity contribution in [3.63, 3.8) is 0 Å². The number of rotatable bonds is 4. The molecule has 1 unspecified atom stereocenters. The van der Waals surface area contributed by atoms with Crippen molar-refractivity contribution >= 4 is 5.95 Å². The van der Waals surface area contributed by atoms with E-state index in [0.717, 1.165) is 24.7 Å². The molecular weight excluding hydrogens is 222 g/mol. The molecule has 3 heteroatoms. The van der Waals surface area contributed by atoms with Gasteiger partial charge in [-0.2, -0.15) is 0 Å². The minimum Gasteiger partial charge on any atom is -0.356 e. The molecular formula is C15H19N3. The molecule has 1 aromatic heterocycles. The molecule has 1 aliphatic rings. The molecule has 1 atom stereocenters. The second kappa shape index (κ2) is 4.48. The van der Waals surface area contributed by atoms with E-state index < -0.39 is 0 Å². The number of benzene rings is 1. The molecule has 0 aliphatic heterocycles. The largest absolute Gasteiger partial charge is 0.356 e. The Hall–Kier alpha value is -1.77. The molecule has 0 fully saturated rings. The lowest BCUT2D eigenvalue weighted by Gasteiger charge is -2.30. The predicted molar refractivity (Wildman–Crippen MR) is 74.0 cm³/mol. The normalized spacial score (nSPS) is 17.1. The summed E-state index contributed by atoms with van der Waals surface area (Å²) < 4.78 is 2.25. The molecule has 0 saturated carbocycles. The molecule has 1 heterocycles. The summed E-state index contributed by atoms with van der Waals surface area (Å²) in [7, 11) is 0. The van der Waals surface area contributed by atoms with Crippen molar-refractivity contribution in [3.8, 4) is 0 Å². The predicted octanol–water partition coefficient (Wildman–Crippen LogP) is 2.96. The quantitative estimate of drug-likeness (QED) is 0.892. The van der Waals surface area contributed by atoms with Crippen LogP contribution in [0.15, 0.2) is 30.5 Å². The van der Waals surface area contributed by atoms with Crippen LogP contribution in [0.4, 0.5) is 5.95 Å². The SMILES string of the molecule is CCNc1nc(C)cn1CC1Cc2ccccc21. The molecule has 3 rings (SSSR count). The molecule has 0 spiro atoms. The summed E-state index contributed by atoms with van der Waals surface area (Å²) in [5, 5.41) is 3.33. The van der Waals surface area contributed by atoms with Gasteiger partial charge in [-0.05, 0) is 31.4 Å². The molecule has 94 valence electrons. The first kappa shape index (κ1) is 11.3. The zero-order valence-electron chi connectivity index (χ0n) is 11.0. The summed E-state index contributed by atoms with van der Waals surface area (Å²) in [6.45, 7) is 6.09. The van der Waals surface area contributed by atoms with Crippen LogP contribution in [0.3, 0.4) is 0 Å². The molecule has 0 bridgehead atoms. The Bertz CT molecular complexity index is 557. The summed E-state index contributed by atoms with van der Waals surface area (Å²) in [5.74, 6) is 1.64. The van der Waals surface area contributed by atoms with E-state index >= 15 is 0 Å². The first-order valence-electron chi connectivity index (χ1n) is 6.63. The average molecular weight is 241 g/mol. The summed E-state index contributed by atoms with van der Waals surface area (Å²) >= 11 is 0. The third-order valence-electron chi connectivity index (χ3n) is 3.61. The van der Waals surface area contributed by atoms with Crippen LogP contribution in [0.2, 0.25) is 0 Å². The van der Waals surface area contributed by atoms with E-state index in [1.165, 1.54) is 17.5 Å². The van der Waals surface area contributed by atoms with Crippen LogP contribution in [0.1, 0.15) is 29.7 Å². The van der Waals surface area contributed by atoms with Crippen LogP contribution < -0.4 is 5.32 Å². The second-order valence-corrected chi connectivity index (χ2v) is 4.99. The first-order chi connectivity index (χ1) is 8.78. The number of fused-ring (bicyclic) bond motifs is 1. The topological polar surface area (TPSA) is 29.9 Å². The Morgan fingerprint density at radius 1 is 1.39 bits per heavy atom. The van der Waals surface area contributed by atoms with Crippen molar-refractivity contribution < 1.29 is 0 Å². The van der Waals surface area contributed by atoms with Crippen molar-refractivity contribution in [2.24, 2.45) is 0 Å². The van der Waals surface area contributed by atoms with Gasteiger partial charge in [-0.15, -0.1) is 0 Å². The minimum absolute atomic E-state index is 0.646. The van der Waals surface area contributed by atoms with Crippen molar-refractivity contribution in [2.75, 3.05) is 11.9 Å². The van der Waals surface area contributed by atoms with Gasteiger partial charge in [0.1, 0.15) is 0 Å². The highest BCUT2D eigenvalue weighted by Crippen LogP contribution is 2.36. The highest BCUT2D eigenvalue weighted by atomic mass is 15.2. The number of anilines is 1. The van der Waals surface area contributed by atoms with Gasteiger partial charge in [0.05, 0.1) is 5.69 Å². The highest BCUT2D eigenvalue weighted by molar-refractivity contribution is 5.40. The van der Waals surface area contributed by atoms with E-state index in [1.807, 2.05) is 6.92 Å². The van der Waals surface area contributed by atoms with Gasteiger partial charge in [0.25, 0.3) is 0 Å². The van der Waals surface area contributed by atoms with Crippen LogP contribution in [-0.2, 0) is 13.0 Å². The Morgan fingerprint density at radius 2 is 2.22 bits per heavy atom. The maximum absolute atomic E-state index is 4.52. The van der Waals surface area contributed by atoms with E-state index in [0.29, 0.717) is 5.92 Å². The van der Waals surface area contributed by atoms with Crippen LogP contribution in [0.5, 0.6) is 0 Å². The number of aromatic nitrogens is 2. The summed E-state index contributed by atoms with van der Waals surface area (Å²) in [6, 6.07) is 8.74. The highest BCUT2D eigenvalue weighted by Gasteiger charge is 2.26. The zero-order chi connectivity index (χ0) is 12.5. The molecule has 2 aromatic rings. The van der Waals surface area contributed by atoms with Crippen molar-refractivity contribution in [1.29, 1.82) is 0 Å². The van der Waals surface area contributed by atoms with Gasteiger partial charge < -0.3 is 9.88 Å². The van der Waals surface area contributed by atoms with Crippen LogP contribution in [0.25, 0.3) is 0 Å². The fourth-order valence-electron chi connectivity index (χ4n) is 2.75. The fraction of sp³-hybridized carbons (Fsp3) is 0.400. The van der Waals surface area contributed by atoms with Crippen molar-refractivity contribution in [1.82, 2.24) is 9.55 Å². The summed E-state index contributed by atoms with van der Waals surface area (Å²) in [6.07, 6.45) is 3.33. The van der Waals surface area contributed by atoms with E-state index in [4.69, 9.17) is 0 Å². The van der Waals surface area contributed by atoms with Gasteiger partial charge in [-0.3, -0.25) is 0 Å². The molecule has 0 amide bonds. The Kier molecular flexibility index (Phi) is 2.82. The molecule has 1 aliphatic carbocycles. The molecule has 1 aromatic carbocycles. The molecule has 3 nitrogen and oxygen atoms in total. The number of nitrogens with zero attached hydrogens (tertiary/aromatic N) is 2. The lowest BCUT2D eigenvalue weighted by Crippen LogP contribution is -2.22. The standard InChI is InChI=1S/C15H19N3/c1-3-16-15-17-11(2)9-18(15)10-13-8-12-6-4-5-7-14(12)13/h4-7,9,13H,3,8,10H2,1-2H3,(H,16,17). The second-order valence-electron chi connectivity index (χ2n) is 4.99. The van der Waals surface area contributed by atoms with Gasteiger partial charge in [0.2, 0.25) is 5.95 Å². The third-order valence-corrected chi connectivity index (χ3v) is 3.61. The average Bonchev–Trinajstić information content (AvgIpc) is 2.67. The molecule has 0 radical (unpaired) electrons. The number of hydrogen-bond acceptors (Lipinski definition) is 2. The third kappa shape index (κ3) is 1.90. The minimum atomic E-state index is 0.646. The maximum atomic E-state index is 4.52. The molecule has 0 saturated heterocycles. The van der Waals surface area contributed by atoms with Gasteiger partial charge in [-0.1, -0.05) is 24.3 Å². The smallest absolute Gasteiger partial charge is 0.203 e. The monoisotopic (exact) mass is 241 g/mol. The van der Waals surface area contributed by atoms with Gasteiger partial charge >= 0.3 is 0 Å². The van der Waals surface area contributed by atoms with E-state index in [2.05, 4.69) is 52.3 Å². The fourth-order valence-corrected chi connectivity index (χ4v) is 2.75. The van der Waals surface area contributed by atoms with E-state index in [-0.39, 0.29) is 0 Å². The first-order valence-corrected chi connectivity index (χ1v) is 6.63. The van der Waals surface area contributed by atoms with Crippen LogP contribution in [0, 0.1) is 6.92 Å². The Labute approximate surface area is 108 Å².